The van der Waals surface area contributed by atoms with E-state index in [9.17, 15) is 0 Å². The summed E-state index contributed by atoms with van der Waals surface area (Å²) in [6.07, 6.45) is 4.91. The molecule has 0 atom stereocenters. The van der Waals surface area contributed by atoms with Gasteiger partial charge in [0.05, 0.1) is 0 Å². The number of hydrazine groups is 1. The van der Waals surface area contributed by atoms with Crippen LogP contribution in [0.25, 0.3) is 0 Å². The van der Waals surface area contributed by atoms with Crippen LogP contribution in [0, 0.1) is 19.3 Å². The summed E-state index contributed by atoms with van der Waals surface area (Å²) in [4.78, 5) is 8.77. The first-order valence-corrected chi connectivity index (χ1v) is 7.00. The highest BCUT2D eigenvalue weighted by Crippen LogP contribution is 2.36. The molecule has 5 nitrogen and oxygen atoms in total. The molecular formula is C14H25N5. The number of rotatable bonds is 3. The van der Waals surface area contributed by atoms with Crippen LogP contribution in [0.5, 0.6) is 0 Å². The minimum atomic E-state index is 0.485. The molecule has 0 aliphatic heterocycles. The van der Waals surface area contributed by atoms with Crippen molar-refractivity contribution in [2.75, 3.05) is 10.7 Å². The van der Waals surface area contributed by atoms with Crippen molar-refractivity contribution < 1.29 is 0 Å². The van der Waals surface area contributed by atoms with Crippen molar-refractivity contribution in [3.63, 3.8) is 0 Å². The average Bonchev–Trinajstić information content (AvgIpc) is 2.35. The third-order valence-corrected chi connectivity index (χ3v) is 4.07. The van der Waals surface area contributed by atoms with E-state index in [1.807, 2.05) is 13.8 Å². The molecule has 1 fully saturated rings. The fourth-order valence-corrected chi connectivity index (χ4v) is 2.65. The van der Waals surface area contributed by atoms with Crippen molar-refractivity contribution in [2.24, 2.45) is 11.3 Å². The Balaban J connectivity index is 2.09. The van der Waals surface area contributed by atoms with Gasteiger partial charge in [-0.3, -0.25) is 0 Å². The average molecular weight is 263 g/mol. The van der Waals surface area contributed by atoms with Gasteiger partial charge in [0, 0.05) is 11.6 Å². The minimum Gasteiger partial charge on any atom is -0.367 e. The standard InChI is InChI=1S/C14H25N5/c1-9-12(16-10(2)17-13(9)19-15)18-11-5-7-14(3,4)8-6-11/h11H,5-8,15H2,1-4H3,(H2,16,17,18,19). The highest BCUT2D eigenvalue weighted by Gasteiger charge is 2.27. The first-order chi connectivity index (χ1) is 8.91. The Morgan fingerprint density at radius 3 is 2.26 bits per heavy atom. The van der Waals surface area contributed by atoms with Crippen molar-refractivity contribution in [3.8, 4) is 0 Å². The van der Waals surface area contributed by atoms with Gasteiger partial charge in [0.2, 0.25) is 0 Å². The Kier molecular flexibility index (Phi) is 3.94. The van der Waals surface area contributed by atoms with E-state index in [-0.39, 0.29) is 0 Å². The van der Waals surface area contributed by atoms with Gasteiger partial charge >= 0.3 is 0 Å². The number of aryl methyl sites for hydroxylation is 1. The maximum Gasteiger partial charge on any atom is 0.148 e. The summed E-state index contributed by atoms with van der Waals surface area (Å²) in [5.74, 6) is 7.83. The highest BCUT2D eigenvalue weighted by atomic mass is 15.3. The minimum absolute atomic E-state index is 0.485. The molecule has 0 unspecified atom stereocenters. The van der Waals surface area contributed by atoms with Gasteiger partial charge in [0.15, 0.2) is 0 Å². The first kappa shape index (κ1) is 14.1. The lowest BCUT2D eigenvalue weighted by Crippen LogP contribution is -2.30. The third kappa shape index (κ3) is 3.35. The topological polar surface area (TPSA) is 75.9 Å². The molecule has 19 heavy (non-hydrogen) atoms. The number of nitrogens with zero attached hydrogens (tertiary/aromatic N) is 2. The van der Waals surface area contributed by atoms with E-state index in [1.54, 1.807) is 0 Å². The Hall–Kier alpha value is -1.36. The van der Waals surface area contributed by atoms with Crippen molar-refractivity contribution in [2.45, 2.75) is 59.4 Å². The summed E-state index contributed by atoms with van der Waals surface area (Å²) < 4.78 is 0. The number of aromatic nitrogens is 2. The predicted molar refractivity (Wildman–Crippen MR) is 79.0 cm³/mol. The molecule has 1 aromatic rings. The maximum absolute atomic E-state index is 5.49. The number of anilines is 2. The summed E-state index contributed by atoms with van der Waals surface area (Å²) in [6.45, 7) is 8.57. The van der Waals surface area contributed by atoms with E-state index >= 15 is 0 Å². The molecule has 0 radical (unpaired) electrons. The molecule has 106 valence electrons. The van der Waals surface area contributed by atoms with Gasteiger partial charge in [-0.1, -0.05) is 13.8 Å². The Labute approximate surface area is 115 Å². The van der Waals surface area contributed by atoms with Gasteiger partial charge in [-0.05, 0) is 44.9 Å². The highest BCUT2D eigenvalue weighted by molar-refractivity contribution is 5.57. The zero-order valence-corrected chi connectivity index (χ0v) is 12.4. The molecule has 4 N–H and O–H groups in total. The van der Waals surface area contributed by atoms with Crippen LogP contribution in [0.2, 0.25) is 0 Å². The fraction of sp³-hybridized carbons (Fsp3) is 0.714. The second-order valence-electron chi connectivity index (χ2n) is 6.32. The van der Waals surface area contributed by atoms with Crippen molar-refractivity contribution in [1.29, 1.82) is 0 Å². The van der Waals surface area contributed by atoms with Gasteiger partial charge in [-0.2, -0.15) is 0 Å². The quantitative estimate of drug-likeness (QED) is 0.577. The number of hydrogen-bond acceptors (Lipinski definition) is 5. The molecule has 0 bridgehead atoms. The molecule has 0 spiro atoms. The number of nitrogens with two attached hydrogens (primary N) is 1. The molecule has 1 saturated carbocycles. The number of nitrogen functional groups attached to an aromatic ring is 1. The molecule has 0 amide bonds. The molecule has 1 aliphatic rings. The second kappa shape index (κ2) is 5.33. The summed E-state index contributed by atoms with van der Waals surface area (Å²) in [6, 6.07) is 0.506. The molecule has 2 rings (SSSR count). The molecule has 1 aromatic heterocycles. The largest absolute Gasteiger partial charge is 0.367 e. The Morgan fingerprint density at radius 1 is 1.11 bits per heavy atom. The van der Waals surface area contributed by atoms with Gasteiger partial charge < -0.3 is 10.7 Å². The van der Waals surface area contributed by atoms with Crippen LogP contribution in [0.1, 0.15) is 50.9 Å². The summed E-state index contributed by atoms with van der Waals surface area (Å²) in [5, 5.41) is 3.56. The van der Waals surface area contributed by atoms with Crippen LogP contribution < -0.4 is 16.6 Å². The zero-order chi connectivity index (χ0) is 14.0. The van der Waals surface area contributed by atoms with E-state index in [0.717, 1.165) is 17.2 Å². The smallest absolute Gasteiger partial charge is 0.148 e. The lowest BCUT2D eigenvalue weighted by atomic mass is 9.75. The molecule has 5 heteroatoms. The normalized spacial score (nSPS) is 19.2. The SMILES string of the molecule is Cc1nc(NN)c(C)c(NC2CCC(C)(C)CC2)n1. The predicted octanol–water partition coefficient (Wildman–Crippen LogP) is 2.76. The van der Waals surface area contributed by atoms with Crippen LogP contribution in [0.3, 0.4) is 0 Å². The van der Waals surface area contributed by atoms with Gasteiger partial charge in [-0.25, -0.2) is 15.8 Å². The number of nitrogens with one attached hydrogen (secondary N) is 2. The maximum atomic E-state index is 5.49. The van der Waals surface area contributed by atoms with E-state index in [1.165, 1.54) is 25.7 Å². The molecule has 0 aromatic carbocycles. The summed E-state index contributed by atoms with van der Waals surface area (Å²) in [7, 11) is 0. The van der Waals surface area contributed by atoms with Crippen LogP contribution in [-0.4, -0.2) is 16.0 Å². The molecule has 0 saturated heterocycles. The fourth-order valence-electron chi connectivity index (χ4n) is 2.65. The number of hydrogen-bond donors (Lipinski definition) is 3. The zero-order valence-electron chi connectivity index (χ0n) is 12.4. The monoisotopic (exact) mass is 263 g/mol. The third-order valence-electron chi connectivity index (χ3n) is 4.07. The summed E-state index contributed by atoms with van der Waals surface area (Å²) >= 11 is 0. The van der Waals surface area contributed by atoms with Gasteiger partial charge in [0.25, 0.3) is 0 Å². The van der Waals surface area contributed by atoms with E-state index in [4.69, 9.17) is 5.84 Å². The van der Waals surface area contributed by atoms with Crippen LogP contribution in [0.15, 0.2) is 0 Å². The van der Waals surface area contributed by atoms with Crippen LogP contribution in [-0.2, 0) is 0 Å². The van der Waals surface area contributed by atoms with E-state index < -0.39 is 0 Å². The van der Waals surface area contributed by atoms with E-state index in [0.29, 0.717) is 17.3 Å². The molecule has 1 aliphatic carbocycles. The Bertz CT molecular complexity index is 445. The molecule has 1 heterocycles. The lowest BCUT2D eigenvalue weighted by Gasteiger charge is -2.35. The van der Waals surface area contributed by atoms with E-state index in [2.05, 4.69) is 34.6 Å². The second-order valence-corrected chi connectivity index (χ2v) is 6.32. The van der Waals surface area contributed by atoms with Crippen molar-refractivity contribution in [1.82, 2.24) is 9.97 Å². The van der Waals surface area contributed by atoms with Gasteiger partial charge in [0.1, 0.15) is 17.5 Å². The lowest BCUT2D eigenvalue weighted by molar-refractivity contribution is 0.232. The summed E-state index contributed by atoms with van der Waals surface area (Å²) in [5.41, 5.74) is 4.10. The van der Waals surface area contributed by atoms with Crippen LogP contribution in [0.4, 0.5) is 11.6 Å². The van der Waals surface area contributed by atoms with Gasteiger partial charge in [-0.15, -0.1) is 0 Å². The van der Waals surface area contributed by atoms with Crippen molar-refractivity contribution in [3.05, 3.63) is 11.4 Å². The Morgan fingerprint density at radius 2 is 1.68 bits per heavy atom. The van der Waals surface area contributed by atoms with Crippen LogP contribution >= 0.6 is 0 Å². The van der Waals surface area contributed by atoms with Crippen molar-refractivity contribution >= 4 is 11.6 Å². The molecular weight excluding hydrogens is 238 g/mol. The first-order valence-electron chi connectivity index (χ1n) is 7.00.